The summed E-state index contributed by atoms with van der Waals surface area (Å²) >= 11 is 1.46. The minimum atomic E-state index is -1.17. The summed E-state index contributed by atoms with van der Waals surface area (Å²) in [4.78, 5) is 172. The molecule has 5 aromatic rings. The summed E-state index contributed by atoms with van der Waals surface area (Å²) in [7, 11) is 9.85. The Kier molecular flexibility index (Phi) is 42.6. The van der Waals surface area contributed by atoms with E-state index < -0.39 is 138 Å². The fraction of sp³-hybridized carbons (Fsp3) is 0.598. The van der Waals surface area contributed by atoms with Gasteiger partial charge in [0, 0.05) is 121 Å². The van der Waals surface area contributed by atoms with Crippen LogP contribution < -0.4 is 58.9 Å². The first-order chi connectivity index (χ1) is 58.3. The maximum atomic E-state index is 15.0. The van der Waals surface area contributed by atoms with Crippen LogP contribution in [-0.2, 0) is 104 Å². The van der Waals surface area contributed by atoms with Crippen molar-refractivity contribution in [2.24, 2.45) is 35.3 Å². The zero-order chi connectivity index (χ0) is 89.7. The van der Waals surface area contributed by atoms with Crippen molar-refractivity contribution in [3.8, 4) is 0 Å². The number of primary amides is 1. The second-order valence-corrected chi connectivity index (χ2v) is 32.9. The van der Waals surface area contributed by atoms with E-state index in [9.17, 15) is 62.6 Å². The van der Waals surface area contributed by atoms with Crippen LogP contribution in [0.4, 0.5) is 15.3 Å². The van der Waals surface area contributed by atoms with Gasteiger partial charge in [0.15, 0.2) is 0 Å². The number of carboxylic acid groups (broad SMARTS) is 1. The van der Waals surface area contributed by atoms with Crippen molar-refractivity contribution >= 4 is 99.2 Å². The zero-order valence-electron chi connectivity index (χ0n) is 73.5. The van der Waals surface area contributed by atoms with Gasteiger partial charge in [0.1, 0.15) is 41.8 Å². The molecule has 0 bridgehead atoms. The Balaban J connectivity index is 0.964. The van der Waals surface area contributed by atoms with Crippen LogP contribution in [0.15, 0.2) is 90.4 Å². The molecule has 0 unspecified atom stereocenters. The summed E-state index contributed by atoms with van der Waals surface area (Å²) in [5, 5.41) is 41.9. The summed E-state index contributed by atoms with van der Waals surface area (Å²) in [5.41, 5.74) is 10.3. The van der Waals surface area contributed by atoms with E-state index in [-0.39, 0.29) is 115 Å². The molecule has 3 aromatic carbocycles. The molecule has 35 heteroatoms. The predicted octanol–water partition coefficient (Wildman–Crippen LogP) is 6.28. The van der Waals surface area contributed by atoms with Crippen molar-refractivity contribution in [2.45, 2.75) is 220 Å². The van der Waals surface area contributed by atoms with Crippen molar-refractivity contribution in [1.82, 2.24) is 72.1 Å². The molecule has 0 saturated carbocycles. The van der Waals surface area contributed by atoms with Crippen LogP contribution in [0.5, 0.6) is 0 Å². The third kappa shape index (κ3) is 30.7. The first-order valence-corrected chi connectivity index (χ1v) is 43.1. The van der Waals surface area contributed by atoms with Gasteiger partial charge < -0.3 is 102 Å². The number of urea groups is 1. The standard InChI is InChI=1S/C87H132N16O18S/c1-16-56(8)77(69(117-14)49-72(106)103-41-23-29-67(103)78(118-15)57(9)79(109)97-65(84-92-40-47-122-84)48-58-24-18-17-19-25-58)100(12)85(114)75(54(4)5)99-83(113)76(55(6)7)101(13)87(116)121-52-59-30-32-60(33-31-59)94-81(111)63(27-22-38-93-86(88)115)96-82(112)74(53(2)3)98-71(105)37-43-119-45-46-120-44-39-91-80(110)64(34-35-73(107)108)95-70(104)36-42-102-66-28-21-20-26-61(66)62(50-89-10)68(102)51-90-11/h17-21,24-26,28,30-33,40,47,53-57,63-65,67,69,74-78,89-90H,16,22-23,27,29,34-39,41-46,48-52H2,1-15H3,(H,91,110)(H,94,111)(H,95,104)(H,96,112)(H,97,109)(H,98,105)(H,99,113)(H,107,108)(H3,88,93,115)/t56-,57+,63-,64-,65-,67-,69+,74-,75-,76-,77-,78+/m0/s1. The number of para-hydroxylation sites is 1. The van der Waals surface area contributed by atoms with E-state index in [4.69, 9.17) is 29.4 Å². The van der Waals surface area contributed by atoms with Gasteiger partial charge in [0.2, 0.25) is 53.2 Å². The van der Waals surface area contributed by atoms with E-state index in [1.54, 1.807) is 96.0 Å². The second-order valence-electron chi connectivity index (χ2n) is 32.0. The van der Waals surface area contributed by atoms with Crippen LogP contribution in [0.2, 0.25) is 0 Å². The summed E-state index contributed by atoms with van der Waals surface area (Å²) in [6.07, 6.45) is 1.49. The molecule has 674 valence electrons. The number of anilines is 1. The molecule has 2 aromatic heterocycles. The number of amides is 12. The maximum Gasteiger partial charge on any atom is 0.410 e. The number of aryl methyl sites for hydroxylation is 1. The molecule has 12 atom stereocenters. The Morgan fingerprint density at radius 3 is 1.94 bits per heavy atom. The number of nitrogens with zero attached hydrogens (tertiary/aromatic N) is 5. The van der Waals surface area contributed by atoms with E-state index in [0.717, 1.165) is 32.7 Å². The number of fused-ring (bicyclic) bond motifs is 1. The number of hydrogen-bond donors (Lipinski definition) is 12. The Bertz CT molecular complexity index is 4170. The molecule has 0 aliphatic carbocycles. The maximum absolute atomic E-state index is 15.0. The van der Waals surface area contributed by atoms with Gasteiger partial charge in [-0.2, -0.15) is 0 Å². The number of hydrogen-bond acceptors (Lipinski definition) is 21. The molecule has 1 saturated heterocycles. The van der Waals surface area contributed by atoms with Crippen molar-refractivity contribution in [2.75, 3.05) is 93.8 Å². The van der Waals surface area contributed by atoms with E-state index >= 15 is 0 Å². The lowest BCUT2D eigenvalue weighted by Crippen LogP contribution is -2.60. The number of benzene rings is 3. The number of nitrogens with one attached hydrogen (secondary N) is 10. The number of aliphatic carboxylic acids is 1. The van der Waals surface area contributed by atoms with Crippen LogP contribution in [0.1, 0.15) is 160 Å². The molecule has 34 nitrogen and oxygen atoms in total. The molecule has 122 heavy (non-hydrogen) atoms. The van der Waals surface area contributed by atoms with Gasteiger partial charge in [0.25, 0.3) is 0 Å². The molecule has 1 aliphatic rings. The molecule has 3 heterocycles. The average Bonchev–Trinajstić information content (AvgIpc) is 1.66. The van der Waals surface area contributed by atoms with Crippen LogP contribution in [0.25, 0.3) is 10.9 Å². The van der Waals surface area contributed by atoms with E-state index in [1.807, 2.05) is 94.8 Å². The highest BCUT2D eigenvalue weighted by atomic mass is 32.1. The van der Waals surface area contributed by atoms with Gasteiger partial charge in [-0.05, 0) is 111 Å². The quantitative estimate of drug-likeness (QED) is 0.0190. The van der Waals surface area contributed by atoms with Gasteiger partial charge >= 0.3 is 18.1 Å². The van der Waals surface area contributed by atoms with Gasteiger partial charge in [-0.25, -0.2) is 14.6 Å². The number of aromatic nitrogens is 2. The van der Waals surface area contributed by atoms with Gasteiger partial charge in [-0.3, -0.25) is 52.8 Å². The highest BCUT2D eigenvalue weighted by molar-refractivity contribution is 7.09. The number of thiazole rings is 1. The number of likely N-dealkylation sites (tertiary alicyclic amines) is 1. The molecule has 13 N–H and O–H groups in total. The number of carbonyl (C=O) groups excluding carboxylic acids is 11. The third-order valence-electron chi connectivity index (χ3n) is 22.0. The van der Waals surface area contributed by atoms with Crippen LogP contribution in [-0.4, -0.2) is 244 Å². The van der Waals surface area contributed by atoms with Gasteiger partial charge in [-0.15, -0.1) is 11.3 Å². The summed E-state index contributed by atoms with van der Waals surface area (Å²) in [6, 6.07) is 16.4. The highest BCUT2D eigenvalue weighted by Gasteiger charge is 2.44. The molecular weight excluding hydrogens is 1590 g/mol. The topological polar surface area (TPSA) is 445 Å². The number of carboxylic acids is 1. The van der Waals surface area contributed by atoms with E-state index in [0.29, 0.717) is 63.1 Å². The lowest BCUT2D eigenvalue weighted by atomic mass is 9.89. The van der Waals surface area contributed by atoms with Gasteiger partial charge in [0.05, 0.1) is 69.1 Å². The Labute approximate surface area is 720 Å². The molecule has 0 spiro atoms. The smallest absolute Gasteiger partial charge is 0.410 e. The van der Waals surface area contributed by atoms with Crippen LogP contribution in [0.3, 0.4) is 0 Å². The van der Waals surface area contributed by atoms with E-state index in [2.05, 4.69) is 62.7 Å². The first-order valence-electron chi connectivity index (χ1n) is 42.2. The SMILES string of the molecule is CC[C@H](C)[C@@H]([C@@H](CC(=O)N1CCC[C@H]1[C@H](OC)[C@@H](C)C(=O)N[C@@H](Cc1ccccc1)c1nccs1)OC)N(C)C(=O)[C@@H](NC(=O)[C@H](C(C)C)N(C)C(=O)OCc1ccc(NC(=O)[C@H](CCCNC(N)=O)NC(=O)[C@@H](NC(=O)CCOCCOCCNC(=O)[C@H](CCC(=O)O)NC(=O)CCn2c(CNC)c(CNC)c3ccccc32)C(C)C)cc1)C(C)C. The summed E-state index contributed by atoms with van der Waals surface area (Å²) in [5.74, 6) is -7.54. The van der Waals surface area contributed by atoms with Crippen molar-refractivity contribution < 1.29 is 86.3 Å². The van der Waals surface area contributed by atoms with Crippen molar-refractivity contribution in [1.29, 1.82) is 0 Å². The minimum Gasteiger partial charge on any atom is -0.481 e. The monoisotopic (exact) mass is 1720 g/mol. The first kappa shape index (κ1) is 101. The largest absolute Gasteiger partial charge is 0.481 e. The second kappa shape index (κ2) is 51.7. The lowest BCUT2D eigenvalue weighted by molar-refractivity contribution is -0.148. The average molecular weight is 1720 g/mol. The third-order valence-corrected chi connectivity index (χ3v) is 22.9. The number of rotatable bonds is 54. The number of carbonyl (C=O) groups is 12. The Morgan fingerprint density at radius 1 is 0.656 bits per heavy atom. The normalized spacial score (nSPS) is 15.5. The number of nitrogens with two attached hydrogens (primary N) is 1. The lowest BCUT2D eigenvalue weighted by Gasteiger charge is -2.41. The van der Waals surface area contributed by atoms with Crippen molar-refractivity contribution in [3.63, 3.8) is 0 Å². The Hall–Kier alpha value is -10.2. The number of ether oxygens (including phenoxy) is 5. The van der Waals surface area contributed by atoms with Gasteiger partial charge in [-0.1, -0.05) is 129 Å². The molecule has 12 amide bonds. The number of methoxy groups -OCH3 is 2. The molecule has 0 radical (unpaired) electrons. The summed E-state index contributed by atoms with van der Waals surface area (Å²) < 4.78 is 31.3. The zero-order valence-corrected chi connectivity index (χ0v) is 74.3. The van der Waals surface area contributed by atoms with Crippen LogP contribution >= 0.6 is 11.3 Å². The van der Waals surface area contributed by atoms with E-state index in [1.165, 1.54) is 30.4 Å². The van der Waals surface area contributed by atoms with Crippen LogP contribution in [0, 0.1) is 29.6 Å². The molecular formula is C87H132N16O18S. The number of likely N-dealkylation sites (N-methyl/N-ethyl adjacent to an activating group) is 2. The molecule has 6 rings (SSSR count). The summed E-state index contributed by atoms with van der Waals surface area (Å²) in [6.45, 7) is 18.3. The highest BCUT2D eigenvalue weighted by Crippen LogP contribution is 2.32. The molecule has 1 aliphatic heterocycles. The fourth-order valence-electron chi connectivity index (χ4n) is 15.4. The fourth-order valence-corrected chi connectivity index (χ4v) is 16.1. The predicted molar refractivity (Wildman–Crippen MR) is 463 cm³/mol. The minimum absolute atomic E-state index is 0.0352. The Morgan fingerprint density at radius 2 is 1.32 bits per heavy atom. The van der Waals surface area contributed by atoms with Crippen molar-refractivity contribution in [3.05, 3.63) is 118 Å². The molecule has 1 fully saturated rings.